The maximum absolute atomic E-state index is 12.4. The Morgan fingerprint density at radius 3 is 2.68 bits per heavy atom. The first-order valence-electron chi connectivity index (χ1n) is 6.34. The summed E-state index contributed by atoms with van der Waals surface area (Å²) in [5.74, 6) is 0.00918. The number of aryl methyl sites for hydroxylation is 2. The molecule has 0 spiro atoms. The van der Waals surface area contributed by atoms with Gasteiger partial charge in [0.05, 0.1) is 0 Å². The van der Waals surface area contributed by atoms with Gasteiger partial charge in [-0.3, -0.25) is 9.48 Å². The van der Waals surface area contributed by atoms with E-state index < -0.39 is 0 Å². The van der Waals surface area contributed by atoms with E-state index in [0.29, 0.717) is 24.4 Å². The summed E-state index contributed by atoms with van der Waals surface area (Å²) in [6.07, 6.45) is 2.50. The summed E-state index contributed by atoms with van der Waals surface area (Å²) in [5.41, 5.74) is 2.46. The first-order chi connectivity index (χ1) is 9.22. The second-order valence-corrected chi connectivity index (χ2v) is 4.48. The molecule has 0 atom stereocenters. The van der Waals surface area contributed by atoms with Crippen molar-refractivity contribution in [3.63, 3.8) is 0 Å². The molecule has 1 heterocycles. The zero-order valence-electron chi connectivity index (χ0n) is 11.3. The van der Waals surface area contributed by atoms with Crippen LogP contribution in [-0.4, -0.2) is 29.3 Å². The monoisotopic (exact) mass is 258 g/mol. The first kappa shape index (κ1) is 13.5. The van der Waals surface area contributed by atoms with Crippen LogP contribution >= 0.6 is 0 Å². The molecule has 0 unspecified atom stereocenters. The summed E-state index contributed by atoms with van der Waals surface area (Å²) in [6, 6.07) is 9.35. The topological polar surface area (TPSA) is 44.1 Å². The Morgan fingerprint density at radius 1 is 1.26 bits per heavy atom. The van der Waals surface area contributed by atoms with Gasteiger partial charge in [-0.05, 0) is 19.4 Å². The number of ether oxygens (including phenoxy) is 1. The lowest BCUT2D eigenvalue weighted by atomic mass is 10.1. The number of carbonyl (C=O) groups is 1. The average molecular weight is 258 g/mol. The van der Waals surface area contributed by atoms with Gasteiger partial charge in [0.2, 0.25) is 5.78 Å². The molecular formula is C15H18N2O2. The van der Waals surface area contributed by atoms with Crippen LogP contribution in [-0.2, 0) is 11.3 Å². The van der Waals surface area contributed by atoms with Crippen molar-refractivity contribution >= 4 is 5.78 Å². The Hall–Kier alpha value is -1.94. The lowest BCUT2D eigenvalue weighted by Gasteiger charge is -2.06. The summed E-state index contributed by atoms with van der Waals surface area (Å²) >= 11 is 0. The molecule has 19 heavy (non-hydrogen) atoms. The van der Waals surface area contributed by atoms with E-state index in [-0.39, 0.29) is 5.78 Å². The number of hydrogen-bond acceptors (Lipinski definition) is 3. The van der Waals surface area contributed by atoms with Crippen molar-refractivity contribution < 1.29 is 9.53 Å². The minimum Gasteiger partial charge on any atom is -0.385 e. The number of hydrogen-bond donors (Lipinski definition) is 0. The third-order valence-electron chi connectivity index (χ3n) is 2.98. The Labute approximate surface area is 113 Å². The maximum Gasteiger partial charge on any atom is 0.211 e. The molecular weight excluding hydrogens is 240 g/mol. The number of nitrogens with zero attached hydrogens (tertiary/aromatic N) is 2. The molecule has 0 fully saturated rings. The molecule has 0 aliphatic rings. The van der Waals surface area contributed by atoms with Gasteiger partial charge >= 0.3 is 0 Å². The highest BCUT2D eigenvalue weighted by molar-refractivity contribution is 6.07. The van der Waals surface area contributed by atoms with Crippen molar-refractivity contribution in [2.75, 3.05) is 13.7 Å². The van der Waals surface area contributed by atoms with Crippen LogP contribution in [0.4, 0.5) is 0 Å². The number of ketones is 1. The molecule has 0 amide bonds. The lowest BCUT2D eigenvalue weighted by molar-refractivity contribution is 0.102. The van der Waals surface area contributed by atoms with Crippen molar-refractivity contribution in [3.05, 3.63) is 53.3 Å². The van der Waals surface area contributed by atoms with Crippen molar-refractivity contribution in [1.29, 1.82) is 0 Å². The molecule has 0 aliphatic carbocycles. The summed E-state index contributed by atoms with van der Waals surface area (Å²) < 4.78 is 6.75. The van der Waals surface area contributed by atoms with Gasteiger partial charge in [-0.15, -0.1) is 0 Å². The Balaban J connectivity index is 2.15. The minimum atomic E-state index is 0.00918. The zero-order valence-corrected chi connectivity index (χ0v) is 11.3. The van der Waals surface area contributed by atoms with Gasteiger partial charge in [-0.1, -0.05) is 29.8 Å². The molecule has 4 nitrogen and oxygen atoms in total. The normalized spacial score (nSPS) is 10.6. The van der Waals surface area contributed by atoms with E-state index >= 15 is 0 Å². The molecule has 4 heteroatoms. The van der Waals surface area contributed by atoms with Gasteiger partial charge in [-0.25, -0.2) is 0 Å². The van der Waals surface area contributed by atoms with Gasteiger partial charge in [0.1, 0.15) is 5.69 Å². The predicted molar refractivity (Wildman–Crippen MR) is 73.3 cm³/mol. The molecule has 0 N–H and O–H groups in total. The molecule has 100 valence electrons. The van der Waals surface area contributed by atoms with E-state index in [1.54, 1.807) is 24.1 Å². The van der Waals surface area contributed by atoms with Crippen molar-refractivity contribution in [2.24, 2.45) is 0 Å². The highest BCUT2D eigenvalue weighted by atomic mass is 16.5. The molecule has 1 aromatic carbocycles. The number of rotatable bonds is 6. The summed E-state index contributed by atoms with van der Waals surface area (Å²) in [7, 11) is 1.67. The molecule has 0 bridgehead atoms. The van der Waals surface area contributed by atoms with Crippen LogP contribution < -0.4 is 0 Å². The fourth-order valence-electron chi connectivity index (χ4n) is 1.92. The van der Waals surface area contributed by atoms with Crippen LogP contribution in [0.2, 0.25) is 0 Å². The van der Waals surface area contributed by atoms with Crippen LogP contribution in [0, 0.1) is 6.92 Å². The second-order valence-electron chi connectivity index (χ2n) is 4.48. The van der Waals surface area contributed by atoms with Gasteiger partial charge in [0.15, 0.2) is 0 Å². The summed E-state index contributed by atoms with van der Waals surface area (Å²) in [5, 5.41) is 4.19. The van der Waals surface area contributed by atoms with Gasteiger partial charge in [-0.2, -0.15) is 5.10 Å². The van der Waals surface area contributed by atoms with Gasteiger partial charge in [0.25, 0.3) is 0 Å². The van der Waals surface area contributed by atoms with Crippen LogP contribution in [0.3, 0.4) is 0 Å². The van der Waals surface area contributed by atoms with E-state index in [1.165, 1.54) is 0 Å². The van der Waals surface area contributed by atoms with E-state index in [0.717, 1.165) is 12.0 Å². The predicted octanol–water partition coefficient (Wildman–Crippen LogP) is 2.46. The molecule has 2 rings (SSSR count). The van der Waals surface area contributed by atoms with E-state index in [2.05, 4.69) is 5.10 Å². The molecule has 0 radical (unpaired) electrons. The third kappa shape index (κ3) is 3.29. The fraction of sp³-hybridized carbons (Fsp3) is 0.333. The van der Waals surface area contributed by atoms with Crippen LogP contribution in [0.5, 0.6) is 0 Å². The number of methoxy groups -OCH3 is 1. The highest BCUT2D eigenvalue weighted by Gasteiger charge is 2.13. The molecule has 0 saturated heterocycles. The third-order valence-corrected chi connectivity index (χ3v) is 2.98. The van der Waals surface area contributed by atoms with Crippen LogP contribution in [0.15, 0.2) is 36.5 Å². The first-order valence-corrected chi connectivity index (χ1v) is 6.34. The summed E-state index contributed by atoms with van der Waals surface area (Å²) in [6.45, 7) is 3.36. The highest BCUT2D eigenvalue weighted by Crippen LogP contribution is 2.11. The number of benzene rings is 1. The zero-order chi connectivity index (χ0) is 13.7. The Kier molecular flexibility index (Phi) is 4.47. The average Bonchev–Trinajstić information content (AvgIpc) is 2.87. The lowest BCUT2D eigenvalue weighted by Crippen LogP contribution is -2.12. The smallest absolute Gasteiger partial charge is 0.211 e. The van der Waals surface area contributed by atoms with E-state index in [4.69, 9.17) is 4.74 Å². The summed E-state index contributed by atoms with van der Waals surface area (Å²) in [4.78, 5) is 12.4. The molecule has 0 aliphatic heterocycles. The number of carbonyl (C=O) groups excluding carboxylic acids is 1. The molecule has 2 aromatic rings. The fourth-order valence-corrected chi connectivity index (χ4v) is 1.92. The number of aromatic nitrogens is 2. The van der Waals surface area contributed by atoms with Crippen molar-refractivity contribution in [3.8, 4) is 0 Å². The van der Waals surface area contributed by atoms with Crippen LogP contribution in [0.25, 0.3) is 0 Å². The molecule has 0 saturated carbocycles. The second kappa shape index (κ2) is 6.29. The maximum atomic E-state index is 12.4. The standard InChI is InChI=1S/C15H18N2O2/c1-12-4-6-13(7-5-12)15(18)14-8-9-16-17(14)10-3-11-19-2/h4-9H,3,10-11H2,1-2H3. The van der Waals surface area contributed by atoms with Gasteiger partial charge in [0, 0.05) is 32.0 Å². The quantitative estimate of drug-likeness (QED) is 0.590. The van der Waals surface area contributed by atoms with Crippen molar-refractivity contribution in [1.82, 2.24) is 9.78 Å². The van der Waals surface area contributed by atoms with E-state index in [9.17, 15) is 4.79 Å². The van der Waals surface area contributed by atoms with E-state index in [1.807, 2.05) is 31.2 Å². The van der Waals surface area contributed by atoms with Crippen LogP contribution in [0.1, 0.15) is 28.0 Å². The molecule has 1 aromatic heterocycles. The SMILES string of the molecule is COCCCn1nccc1C(=O)c1ccc(C)cc1. The Bertz CT molecular complexity index is 544. The Morgan fingerprint density at radius 2 is 2.00 bits per heavy atom. The van der Waals surface area contributed by atoms with Crippen molar-refractivity contribution in [2.45, 2.75) is 19.9 Å². The largest absolute Gasteiger partial charge is 0.385 e. The van der Waals surface area contributed by atoms with Gasteiger partial charge < -0.3 is 4.74 Å². The minimum absolute atomic E-state index is 0.00918.